The van der Waals surface area contributed by atoms with Gasteiger partial charge in [0.2, 0.25) is 0 Å². The van der Waals surface area contributed by atoms with Gasteiger partial charge in [0.1, 0.15) is 5.84 Å². The van der Waals surface area contributed by atoms with E-state index in [1.165, 1.54) is 19.3 Å². The van der Waals surface area contributed by atoms with Gasteiger partial charge in [0.15, 0.2) is 0 Å². The molecule has 1 aliphatic carbocycles. The molecule has 0 aromatic rings. The second-order valence-corrected chi connectivity index (χ2v) is 6.09. The Kier molecular flexibility index (Phi) is 6.58. The predicted octanol–water partition coefficient (Wildman–Crippen LogP) is 2.09. The molecule has 0 saturated heterocycles. The van der Waals surface area contributed by atoms with Gasteiger partial charge in [-0.2, -0.15) is 0 Å². The number of hydrogen-bond acceptors (Lipinski definition) is 4. The third kappa shape index (κ3) is 4.99. The first kappa shape index (κ1) is 16.2. The fraction of sp³-hybridized carbons (Fsp3) is 0.929. The highest BCUT2D eigenvalue weighted by molar-refractivity contribution is 5.85. The molecule has 1 rings (SSSR count). The van der Waals surface area contributed by atoms with Crippen molar-refractivity contribution in [2.45, 2.75) is 64.5 Å². The van der Waals surface area contributed by atoms with Gasteiger partial charge in [0.05, 0.1) is 6.10 Å². The summed E-state index contributed by atoms with van der Waals surface area (Å²) in [7, 11) is 1.80. The zero-order chi connectivity index (χ0) is 14.3. The van der Waals surface area contributed by atoms with Gasteiger partial charge in [-0.25, -0.2) is 0 Å². The normalized spacial score (nSPS) is 24.9. The lowest BCUT2D eigenvalue weighted by atomic mass is 9.86. The van der Waals surface area contributed by atoms with Crippen LogP contribution in [0.15, 0.2) is 5.16 Å². The van der Waals surface area contributed by atoms with Crippen LogP contribution in [0.25, 0.3) is 0 Å². The second kappa shape index (κ2) is 7.70. The van der Waals surface area contributed by atoms with Crippen LogP contribution in [0, 0.1) is 5.41 Å². The number of unbranched alkanes of at least 4 members (excludes halogenated alkanes) is 1. The van der Waals surface area contributed by atoms with Crippen LogP contribution in [-0.4, -0.2) is 36.8 Å². The Labute approximate surface area is 116 Å². The molecule has 1 aliphatic rings. The minimum Gasteiger partial charge on any atom is -0.409 e. The quantitative estimate of drug-likeness (QED) is 0.208. The molecule has 0 aromatic carbocycles. The van der Waals surface area contributed by atoms with Gasteiger partial charge in [0.25, 0.3) is 0 Å². The number of nitrogens with two attached hydrogens (primary N) is 1. The number of rotatable bonds is 8. The zero-order valence-electron chi connectivity index (χ0n) is 12.5. The molecule has 0 bridgehead atoms. The number of oxime groups is 1. The van der Waals surface area contributed by atoms with Gasteiger partial charge in [0, 0.05) is 18.6 Å². The molecule has 19 heavy (non-hydrogen) atoms. The minimum atomic E-state index is -0.225. The van der Waals surface area contributed by atoms with Gasteiger partial charge in [-0.15, -0.1) is 0 Å². The van der Waals surface area contributed by atoms with Crippen molar-refractivity contribution >= 4 is 5.84 Å². The molecule has 0 aliphatic heterocycles. The molecule has 2 unspecified atom stereocenters. The molecule has 1 saturated carbocycles. The zero-order valence-corrected chi connectivity index (χ0v) is 12.5. The van der Waals surface area contributed by atoms with E-state index in [0.717, 1.165) is 25.8 Å². The maximum atomic E-state index is 8.71. The Hall–Kier alpha value is -0.810. The van der Waals surface area contributed by atoms with E-state index in [4.69, 9.17) is 15.7 Å². The third-order valence-corrected chi connectivity index (χ3v) is 4.19. The first-order chi connectivity index (χ1) is 9.01. The van der Waals surface area contributed by atoms with Crippen LogP contribution in [0.2, 0.25) is 0 Å². The molecule has 2 atom stereocenters. The second-order valence-electron chi connectivity index (χ2n) is 6.09. The number of amidine groups is 1. The molecule has 0 aromatic heterocycles. The molecule has 5 heteroatoms. The number of methoxy groups -OCH3 is 1. The van der Waals surface area contributed by atoms with E-state index in [-0.39, 0.29) is 5.41 Å². The van der Waals surface area contributed by atoms with Crippen molar-refractivity contribution in [2.24, 2.45) is 16.3 Å². The SMILES string of the molecule is COC1CCCC1NCCCCC(C)(C)C(N)=NO. The average molecular weight is 271 g/mol. The summed E-state index contributed by atoms with van der Waals surface area (Å²) < 4.78 is 5.46. The van der Waals surface area contributed by atoms with Crippen LogP contribution in [0.1, 0.15) is 52.4 Å². The highest BCUT2D eigenvalue weighted by atomic mass is 16.5. The lowest BCUT2D eigenvalue weighted by Gasteiger charge is -2.23. The summed E-state index contributed by atoms with van der Waals surface area (Å²) in [5.41, 5.74) is 5.44. The Balaban J connectivity index is 2.14. The summed E-state index contributed by atoms with van der Waals surface area (Å²) in [4.78, 5) is 0. The van der Waals surface area contributed by atoms with Gasteiger partial charge in [-0.1, -0.05) is 25.4 Å². The smallest absolute Gasteiger partial charge is 0.144 e. The molecule has 4 N–H and O–H groups in total. The monoisotopic (exact) mass is 271 g/mol. The largest absolute Gasteiger partial charge is 0.409 e. The summed E-state index contributed by atoms with van der Waals surface area (Å²) in [5.74, 6) is 0.315. The van der Waals surface area contributed by atoms with Crippen molar-refractivity contribution in [1.82, 2.24) is 5.32 Å². The van der Waals surface area contributed by atoms with E-state index in [1.807, 2.05) is 13.8 Å². The van der Waals surface area contributed by atoms with Gasteiger partial charge in [-0.05, 0) is 38.6 Å². The van der Waals surface area contributed by atoms with Crippen LogP contribution < -0.4 is 11.1 Å². The number of nitrogens with one attached hydrogen (secondary N) is 1. The van der Waals surface area contributed by atoms with Crippen molar-refractivity contribution in [3.8, 4) is 0 Å². The fourth-order valence-electron chi connectivity index (χ4n) is 2.68. The maximum absolute atomic E-state index is 8.71. The summed E-state index contributed by atoms with van der Waals surface area (Å²) in [6.07, 6.45) is 7.14. The molecule has 0 radical (unpaired) electrons. The van der Waals surface area contributed by atoms with Crippen LogP contribution in [0.5, 0.6) is 0 Å². The Morgan fingerprint density at radius 1 is 1.42 bits per heavy atom. The van der Waals surface area contributed by atoms with E-state index in [1.54, 1.807) is 7.11 Å². The lowest BCUT2D eigenvalue weighted by Crippen LogP contribution is -2.37. The molecule has 1 fully saturated rings. The molecule has 112 valence electrons. The van der Waals surface area contributed by atoms with E-state index >= 15 is 0 Å². The summed E-state index contributed by atoms with van der Waals surface area (Å²) in [5, 5.41) is 15.4. The van der Waals surface area contributed by atoms with Gasteiger partial charge >= 0.3 is 0 Å². The molecule has 0 amide bonds. The summed E-state index contributed by atoms with van der Waals surface area (Å²) in [6, 6.07) is 0.516. The molecule has 0 spiro atoms. The number of ether oxygens (including phenoxy) is 1. The van der Waals surface area contributed by atoms with Crippen LogP contribution in [0.4, 0.5) is 0 Å². The van der Waals surface area contributed by atoms with Crippen LogP contribution in [-0.2, 0) is 4.74 Å². The summed E-state index contributed by atoms with van der Waals surface area (Å²) in [6.45, 7) is 5.03. The van der Waals surface area contributed by atoms with E-state index in [9.17, 15) is 0 Å². The van der Waals surface area contributed by atoms with Gasteiger partial charge < -0.3 is 21.0 Å². The standard InChI is InChI=1S/C14H29N3O2/c1-14(2,13(15)17-18)9-4-5-10-16-11-7-6-8-12(11)19-3/h11-12,16,18H,4-10H2,1-3H3,(H2,15,17). The van der Waals surface area contributed by atoms with E-state index < -0.39 is 0 Å². The van der Waals surface area contributed by atoms with Crippen LogP contribution in [0.3, 0.4) is 0 Å². The average Bonchev–Trinajstić information content (AvgIpc) is 2.84. The Bertz CT molecular complexity index is 292. The van der Waals surface area contributed by atoms with Crippen molar-refractivity contribution in [3.05, 3.63) is 0 Å². The molecule has 0 heterocycles. The van der Waals surface area contributed by atoms with Crippen LogP contribution >= 0.6 is 0 Å². The van der Waals surface area contributed by atoms with Crippen molar-refractivity contribution in [2.75, 3.05) is 13.7 Å². The number of nitrogens with zero attached hydrogens (tertiary/aromatic N) is 1. The molecular formula is C14H29N3O2. The lowest BCUT2D eigenvalue weighted by molar-refractivity contribution is 0.0851. The first-order valence-electron chi connectivity index (χ1n) is 7.25. The minimum absolute atomic E-state index is 0.225. The molecule has 5 nitrogen and oxygen atoms in total. The Morgan fingerprint density at radius 2 is 2.16 bits per heavy atom. The third-order valence-electron chi connectivity index (χ3n) is 4.19. The number of hydrogen-bond donors (Lipinski definition) is 3. The molecular weight excluding hydrogens is 242 g/mol. The summed E-state index contributed by atoms with van der Waals surface area (Å²) >= 11 is 0. The predicted molar refractivity (Wildman–Crippen MR) is 77.5 cm³/mol. The van der Waals surface area contributed by atoms with Crippen molar-refractivity contribution in [3.63, 3.8) is 0 Å². The van der Waals surface area contributed by atoms with Crippen molar-refractivity contribution in [1.29, 1.82) is 0 Å². The van der Waals surface area contributed by atoms with E-state index in [0.29, 0.717) is 18.0 Å². The van der Waals surface area contributed by atoms with Crippen molar-refractivity contribution < 1.29 is 9.94 Å². The topological polar surface area (TPSA) is 79.9 Å². The first-order valence-corrected chi connectivity index (χ1v) is 7.25. The highest BCUT2D eigenvalue weighted by Gasteiger charge is 2.26. The highest BCUT2D eigenvalue weighted by Crippen LogP contribution is 2.24. The van der Waals surface area contributed by atoms with Gasteiger partial charge in [-0.3, -0.25) is 0 Å². The Morgan fingerprint density at radius 3 is 2.79 bits per heavy atom. The fourth-order valence-corrected chi connectivity index (χ4v) is 2.68. The maximum Gasteiger partial charge on any atom is 0.144 e. The van der Waals surface area contributed by atoms with E-state index in [2.05, 4.69) is 10.5 Å².